The first-order valence-electron chi connectivity index (χ1n) is 6.54. The molecule has 1 fully saturated rings. The van der Waals surface area contributed by atoms with E-state index in [1.807, 2.05) is 30.0 Å². The number of hydrogen-bond acceptors (Lipinski definition) is 3. The summed E-state index contributed by atoms with van der Waals surface area (Å²) in [4.78, 5) is 1.16. The van der Waals surface area contributed by atoms with Crippen molar-refractivity contribution >= 4 is 11.8 Å². The van der Waals surface area contributed by atoms with Crippen LogP contribution in [0.25, 0.3) is 0 Å². The van der Waals surface area contributed by atoms with E-state index in [1.165, 1.54) is 19.3 Å². The highest BCUT2D eigenvalue weighted by Crippen LogP contribution is 2.39. The van der Waals surface area contributed by atoms with Crippen LogP contribution in [-0.4, -0.2) is 12.4 Å². The SMILES string of the molecule is COc1ccccc1SC1CCCCCC1C#N. The van der Waals surface area contributed by atoms with Crippen molar-refractivity contribution in [3.8, 4) is 11.8 Å². The number of hydrogen-bond donors (Lipinski definition) is 0. The van der Waals surface area contributed by atoms with Crippen LogP contribution in [-0.2, 0) is 0 Å². The van der Waals surface area contributed by atoms with Gasteiger partial charge in [0.15, 0.2) is 0 Å². The van der Waals surface area contributed by atoms with Crippen molar-refractivity contribution in [1.29, 1.82) is 5.26 Å². The molecule has 2 nitrogen and oxygen atoms in total. The van der Waals surface area contributed by atoms with E-state index < -0.39 is 0 Å². The summed E-state index contributed by atoms with van der Waals surface area (Å²) < 4.78 is 5.38. The zero-order valence-corrected chi connectivity index (χ0v) is 11.6. The Labute approximate surface area is 113 Å². The maximum Gasteiger partial charge on any atom is 0.132 e. The van der Waals surface area contributed by atoms with Gasteiger partial charge in [-0.1, -0.05) is 31.4 Å². The quantitative estimate of drug-likeness (QED) is 0.762. The molecule has 0 radical (unpaired) electrons. The summed E-state index contributed by atoms with van der Waals surface area (Å²) in [6, 6.07) is 10.6. The maximum absolute atomic E-state index is 9.30. The predicted molar refractivity (Wildman–Crippen MR) is 74.8 cm³/mol. The Kier molecular flexibility index (Phi) is 4.95. The fourth-order valence-corrected chi connectivity index (χ4v) is 3.84. The van der Waals surface area contributed by atoms with Gasteiger partial charge in [0, 0.05) is 10.1 Å². The minimum Gasteiger partial charge on any atom is -0.496 e. The molecule has 1 saturated carbocycles. The van der Waals surface area contributed by atoms with Gasteiger partial charge >= 0.3 is 0 Å². The first-order chi connectivity index (χ1) is 8.85. The summed E-state index contributed by atoms with van der Waals surface area (Å²) in [5, 5.41) is 9.71. The molecule has 1 aromatic rings. The van der Waals surface area contributed by atoms with E-state index in [0.29, 0.717) is 5.25 Å². The maximum atomic E-state index is 9.30. The molecule has 0 saturated heterocycles. The Morgan fingerprint density at radius 1 is 1.22 bits per heavy atom. The van der Waals surface area contributed by atoms with Crippen molar-refractivity contribution in [3.05, 3.63) is 24.3 Å². The van der Waals surface area contributed by atoms with Gasteiger partial charge in [0.1, 0.15) is 5.75 Å². The molecular weight excluding hydrogens is 242 g/mol. The Hall–Kier alpha value is -1.14. The van der Waals surface area contributed by atoms with Crippen molar-refractivity contribution in [2.45, 2.75) is 42.2 Å². The largest absolute Gasteiger partial charge is 0.496 e. The second-order valence-electron chi connectivity index (χ2n) is 4.68. The highest BCUT2D eigenvalue weighted by Gasteiger charge is 2.25. The lowest BCUT2D eigenvalue weighted by atomic mass is 10.0. The van der Waals surface area contributed by atoms with Gasteiger partial charge in [-0.2, -0.15) is 5.26 Å². The van der Waals surface area contributed by atoms with Gasteiger partial charge in [-0.05, 0) is 25.0 Å². The molecule has 1 aliphatic carbocycles. The number of thioether (sulfide) groups is 1. The third kappa shape index (κ3) is 3.20. The predicted octanol–water partition coefficient (Wildman–Crippen LogP) is 4.26. The molecule has 2 unspecified atom stereocenters. The van der Waals surface area contributed by atoms with Crippen molar-refractivity contribution in [3.63, 3.8) is 0 Å². The van der Waals surface area contributed by atoms with E-state index in [0.717, 1.165) is 23.5 Å². The number of rotatable bonds is 3. The summed E-state index contributed by atoms with van der Waals surface area (Å²) >= 11 is 1.81. The van der Waals surface area contributed by atoms with Crippen LogP contribution >= 0.6 is 11.8 Å². The molecule has 0 aromatic heterocycles. The van der Waals surface area contributed by atoms with E-state index in [9.17, 15) is 5.26 Å². The van der Waals surface area contributed by atoms with Crippen LogP contribution in [0.3, 0.4) is 0 Å². The minimum absolute atomic E-state index is 0.183. The van der Waals surface area contributed by atoms with E-state index in [-0.39, 0.29) is 5.92 Å². The zero-order valence-electron chi connectivity index (χ0n) is 10.8. The molecule has 2 atom stereocenters. The second-order valence-corrected chi connectivity index (χ2v) is 5.96. The molecular formula is C15H19NOS. The molecule has 0 heterocycles. The first-order valence-corrected chi connectivity index (χ1v) is 7.42. The van der Waals surface area contributed by atoms with Crippen molar-refractivity contribution in [2.75, 3.05) is 7.11 Å². The Balaban J connectivity index is 2.13. The third-order valence-electron chi connectivity index (χ3n) is 3.47. The van der Waals surface area contributed by atoms with E-state index in [1.54, 1.807) is 7.11 Å². The molecule has 1 aromatic carbocycles. The lowest BCUT2D eigenvalue weighted by Crippen LogP contribution is -2.14. The fraction of sp³-hybridized carbons (Fsp3) is 0.533. The van der Waals surface area contributed by atoms with Crippen LogP contribution in [0.2, 0.25) is 0 Å². The molecule has 0 amide bonds. The lowest BCUT2D eigenvalue weighted by molar-refractivity contribution is 0.404. The van der Waals surface area contributed by atoms with Crippen molar-refractivity contribution in [2.24, 2.45) is 5.92 Å². The number of ether oxygens (including phenoxy) is 1. The van der Waals surface area contributed by atoms with Crippen LogP contribution in [0, 0.1) is 17.2 Å². The molecule has 18 heavy (non-hydrogen) atoms. The monoisotopic (exact) mass is 261 g/mol. The van der Waals surface area contributed by atoms with Crippen LogP contribution in [0.4, 0.5) is 0 Å². The van der Waals surface area contributed by atoms with Crippen LogP contribution in [0.15, 0.2) is 29.2 Å². The molecule has 0 spiro atoms. The zero-order chi connectivity index (χ0) is 12.8. The molecule has 0 aliphatic heterocycles. The third-order valence-corrected chi connectivity index (χ3v) is 4.92. The van der Waals surface area contributed by atoms with E-state index in [2.05, 4.69) is 12.1 Å². The van der Waals surface area contributed by atoms with Crippen molar-refractivity contribution < 1.29 is 4.74 Å². The number of para-hydroxylation sites is 1. The molecule has 1 aliphatic rings. The van der Waals surface area contributed by atoms with E-state index in [4.69, 9.17) is 4.74 Å². The standard InChI is InChI=1S/C15H19NOS/c1-17-13-8-5-6-10-15(13)18-14-9-4-2-3-7-12(14)11-16/h5-6,8,10,12,14H,2-4,7,9H2,1H3. The van der Waals surface area contributed by atoms with Gasteiger partial charge in [0.25, 0.3) is 0 Å². The summed E-state index contributed by atoms with van der Waals surface area (Å²) in [7, 11) is 1.70. The number of nitriles is 1. The smallest absolute Gasteiger partial charge is 0.132 e. The van der Waals surface area contributed by atoms with Gasteiger partial charge in [-0.3, -0.25) is 0 Å². The number of benzene rings is 1. The lowest BCUT2D eigenvalue weighted by Gasteiger charge is -2.19. The summed E-state index contributed by atoms with van der Waals surface area (Å²) in [6.07, 6.45) is 5.89. The van der Waals surface area contributed by atoms with Crippen LogP contribution in [0.5, 0.6) is 5.75 Å². The van der Waals surface area contributed by atoms with Gasteiger partial charge in [-0.15, -0.1) is 11.8 Å². The molecule has 0 N–H and O–H groups in total. The molecule has 0 bridgehead atoms. The Morgan fingerprint density at radius 2 is 2.00 bits per heavy atom. The molecule has 96 valence electrons. The second kappa shape index (κ2) is 6.70. The highest BCUT2D eigenvalue weighted by molar-refractivity contribution is 8.00. The summed E-state index contributed by atoms with van der Waals surface area (Å²) in [5.41, 5.74) is 0. The topological polar surface area (TPSA) is 33.0 Å². The first kappa shape index (κ1) is 13.3. The van der Waals surface area contributed by atoms with Crippen LogP contribution < -0.4 is 4.74 Å². The Morgan fingerprint density at radius 3 is 2.78 bits per heavy atom. The average molecular weight is 261 g/mol. The van der Waals surface area contributed by atoms with Gasteiger partial charge in [0.05, 0.1) is 19.1 Å². The van der Waals surface area contributed by atoms with Crippen LogP contribution in [0.1, 0.15) is 32.1 Å². The molecule has 2 rings (SSSR count). The summed E-state index contributed by atoms with van der Waals surface area (Å²) in [5.74, 6) is 1.10. The number of nitrogens with zero attached hydrogens (tertiary/aromatic N) is 1. The Bertz CT molecular complexity index is 427. The summed E-state index contributed by atoms with van der Waals surface area (Å²) in [6.45, 7) is 0. The highest BCUT2D eigenvalue weighted by atomic mass is 32.2. The van der Waals surface area contributed by atoms with Gasteiger partial charge < -0.3 is 4.74 Å². The van der Waals surface area contributed by atoms with Crippen molar-refractivity contribution in [1.82, 2.24) is 0 Å². The van der Waals surface area contributed by atoms with Gasteiger partial charge in [0.2, 0.25) is 0 Å². The normalized spacial score (nSPS) is 24.0. The molecule has 3 heteroatoms. The van der Waals surface area contributed by atoms with E-state index >= 15 is 0 Å². The fourth-order valence-electron chi connectivity index (χ4n) is 2.44. The average Bonchev–Trinajstić information content (AvgIpc) is 2.64. The number of methoxy groups -OCH3 is 1. The van der Waals surface area contributed by atoms with Gasteiger partial charge in [-0.25, -0.2) is 0 Å². The minimum atomic E-state index is 0.183.